The molecule has 2 aromatic carbocycles. The number of aromatic amines is 2. The number of hydrogen-bond acceptors (Lipinski definition) is 3. The second-order valence-corrected chi connectivity index (χ2v) is 5.89. The van der Waals surface area contributed by atoms with Gasteiger partial charge in [-0.15, -0.1) is 10.2 Å². The fourth-order valence-electron chi connectivity index (χ4n) is 2.92. The van der Waals surface area contributed by atoms with Crippen molar-refractivity contribution in [1.29, 1.82) is 0 Å². The molecule has 2 N–H and O–H groups in total. The minimum Gasteiger partial charge on any atom is -0.358 e. The van der Waals surface area contributed by atoms with Gasteiger partial charge in [-0.25, -0.2) is 0 Å². The molecule has 0 saturated heterocycles. The number of aromatic nitrogens is 4. The van der Waals surface area contributed by atoms with Crippen molar-refractivity contribution in [2.75, 3.05) is 0 Å². The Kier molecular flexibility index (Phi) is 3.27. The maximum absolute atomic E-state index is 12.6. The minimum atomic E-state index is -0.242. The highest BCUT2D eigenvalue weighted by Gasteiger charge is 2.16. The van der Waals surface area contributed by atoms with Crippen LogP contribution >= 0.6 is 0 Å². The lowest BCUT2D eigenvalue weighted by molar-refractivity contribution is 0.962. The average molecular weight is 316 g/mol. The Balaban J connectivity index is 1.86. The number of rotatable bonds is 2. The van der Waals surface area contributed by atoms with Crippen molar-refractivity contribution in [3.05, 3.63) is 70.1 Å². The Morgan fingerprint density at radius 1 is 0.875 bits per heavy atom. The molecule has 24 heavy (non-hydrogen) atoms. The van der Waals surface area contributed by atoms with Crippen LogP contribution in [0.2, 0.25) is 0 Å². The number of H-pyrrole nitrogens is 2. The van der Waals surface area contributed by atoms with Gasteiger partial charge in [0.15, 0.2) is 11.5 Å². The maximum Gasteiger partial charge on any atom is 0.278 e. The number of fused-ring (bicyclic) bond motifs is 1. The first kappa shape index (κ1) is 14.4. The van der Waals surface area contributed by atoms with Crippen LogP contribution in [-0.2, 0) is 0 Å². The minimum absolute atomic E-state index is 0.242. The first-order valence-corrected chi connectivity index (χ1v) is 7.75. The molecule has 118 valence electrons. The lowest BCUT2D eigenvalue weighted by Gasteiger charge is -2.03. The predicted molar refractivity (Wildman–Crippen MR) is 94.9 cm³/mol. The van der Waals surface area contributed by atoms with Gasteiger partial charge in [0.1, 0.15) is 0 Å². The van der Waals surface area contributed by atoms with Crippen LogP contribution in [0.1, 0.15) is 11.3 Å². The molecule has 0 atom stereocenters. The van der Waals surface area contributed by atoms with Gasteiger partial charge in [-0.3, -0.25) is 4.79 Å². The molecular weight excluding hydrogens is 300 g/mol. The van der Waals surface area contributed by atoms with Gasteiger partial charge in [0, 0.05) is 27.7 Å². The van der Waals surface area contributed by atoms with Crippen molar-refractivity contribution in [2.24, 2.45) is 0 Å². The molecule has 0 aliphatic rings. The van der Waals surface area contributed by atoms with Crippen LogP contribution in [-0.4, -0.2) is 20.2 Å². The van der Waals surface area contributed by atoms with E-state index in [2.05, 4.69) is 20.2 Å². The average Bonchev–Trinajstić information content (AvgIpc) is 2.91. The predicted octanol–water partition coefficient (Wildman–Crippen LogP) is 3.60. The Labute approximate surface area is 138 Å². The number of benzene rings is 2. The van der Waals surface area contributed by atoms with E-state index in [9.17, 15) is 4.79 Å². The molecule has 4 rings (SSSR count). The Hall–Kier alpha value is -3.21. The second kappa shape index (κ2) is 5.45. The Morgan fingerprint density at radius 2 is 1.62 bits per heavy atom. The van der Waals surface area contributed by atoms with E-state index in [0.717, 1.165) is 33.3 Å². The van der Waals surface area contributed by atoms with Crippen molar-refractivity contribution in [2.45, 2.75) is 13.8 Å². The molecule has 0 saturated carbocycles. The summed E-state index contributed by atoms with van der Waals surface area (Å²) in [5, 5.41) is 9.41. The molecule has 0 aliphatic carbocycles. The molecule has 0 radical (unpaired) electrons. The Bertz CT molecular complexity index is 1090. The summed E-state index contributed by atoms with van der Waals surface area (Å²) >= 11 is 0. The van der Waals surface area contributed by atoms with Gasteiger partial charge >= 0.3 is 0 Å². The van der Waals surface area contributed by atoms with Crippen LogP contribution in [0, 0.1) is 13.8 Å². The molecule has 0 aliphatic heterocycles. The largest absolute Gasteiger partial charge is 0.358 e. The normalized spacial score (nSPS) is 11.1. The van der Waals surface area contributed by atoms with Gasteiger partial charge < -0.3 is 9.97 Å². The molecule has 5 heteroatoms. The quantitative estimate of drug-likeness (QED) is 0.593. The van der Waals surface area contributed by atoms with Crippen molar-refractivity contribution in [3.8, 4) is 22.6 Å². The molecule has 0 unspecified atom stereocenters. The monoisotopic (exact) mass is 316 g/mol. The third kappa shape index (κ3) is 2.31. The third-order valence-electron chi connectivity index (χ3n) is 4.15. The van der Waals surface area contributed by atoms with Gasteiger partial charge in [0.05, 0.1) is 0 Å². The van der Waals surface area contributed by atoms with Gasteiger partial charge in [-0.05, 0) is 19.9 Å². The Morgan fingerprint density at radius 3 is 2.38 bits per heavy atom. The van der Waals surface area contributed by atoms with Gasteiger partial charge in [-0.1, -0.05) is 48.0 Å². The van der Waals surface area contributed by atoms with E-state index in [0.29, 0.717) is 11.5 Å². The summed E-state index contributed by atoms with van der Waals surface area (Å²) in [4.78, 5) is 18.7. The van der Waals surface area contributed by atoms with Crippen LogP contribution in [0.5, 0.6) is 0 Å². The maximum atomic E-state index is 12.6. The first-order chi connectivity index (χ1) is 11.6. The number of nitrogens with one attached hydrogen (secondary N) is 2. The summed E-state index contributed by atoms with van der Waals surface area (Å²) in [5.41, 5.74) is 4.77. The molecule has 0 spiro atoms. The van der Waals surface area contributed by atoms with E-state index in [4.69, 9.17) is 0 Å². The number of hydrogen-bond donors (Lipinski definition) is 2. The zero-order chi connectivity index (χ0) is 16.7. The van der Waals surface area contributed by atoms with E-state index >= 15 is 0 Å². The van der Waals surface area contributed by atoms with Crippen molar-refractivity contribution < 1.29 is 0 Å². The highest BCUT2D eigenvalue weighted by atomic mass is 16.1. The van der Waals surface area contributed by atoms with Crippen LogP contribution in [0.3, 0.4) is 0 Å². The summed E-state index contributed by atoms with van der Waals surface area (Å²) in [6, 6.07) is 15.7. The van der Waals surface area contributed by atoms with E-state index in [1.54, 1.807) is 0 Å². The van der Waals surface area contributed by atoms with Gasteiger partial charge in [-0.2, -0.15) is 0 Å². The fraction of sp³-hybridized carbons (Fsp3) is 0.105. The highest BCUT2D eigenvalue weighted by Crippen LogP contribution is 2.28. The lowest BCUT2D eigenvalue weighted by Crippen LogP contribution is -2.14. The van der Waals surface area contributed by atoms with E-state index in [1.165, 1.54) is 0 Å². The zero-order valence-electron chi connectivity index (χ0n) is 13.4. The summed E-state index contributed by atoms with van der Waals surface area (Å²) in [6.07, 6.45) is 0. The second-order valence-electron chi connectivity index (χ2n) is 5.89. The summed E-state index contributed by atoms with van der Waals surface area (Å²) in [6.45, 7) is 3.95. The molecule has 5 nitrogen and oxygen atoms in total. The fourth-order valence-corrected chi connectivity index (χ4v) is 2.92. The third-order valence-corrected chi connectivity index (χ3v) is 4.15. The number of para-hydroxylation sites is 1. The van der Waals surface area contributed by atoms with Crippen molar-refractivity contribution in [3.63, 3.8) is 0 Å². The number of aryl methyl sites for hydroxylation is 2. The molecule has 2 heterocycles. The SMILES string of the molecule is Cc1ccc(-c2nnc(-c3c(C)[nH]c4ccccc34)c(=O)[nH]2)cc1. The van der Waals surface area contributed by atoms with E-state index < -0.39 is 0 Å². The summed E-state index contributed by atoms with van der Waals surface area (Å²) in [7, 11) is 0. The van der Waals surface area contributed by atoms with Crippen molar-refractivity contribution >= 4 is 10.9 Å². The first-order valence-electron chi connectivity index (χ1n) is 7.75. The van der Waals surface area contributed by atoms with Crippen molar-refractivity contribution in [1.82, 2.24) is 20.2 Å². The highest BCUT2D eigenvalue weighted by molar-refractivity contribution is 5.96. The molecule has 2 aromatic heterocycles. The molecule has 0 bridgehead atoms. The summed E-state index contributed by atoms with van der Waals surface area (Å²) in [5.74, 6) is 0.473. The van der Waals surface area contributed by atoms with E-state index in [-0.39, 0.29) is 5.56 Å². The molecule has 0 amide bonds. The lowest BCUT2D eigenvalue weighted by atomic mass is 10.1. The van der Waals surface area contributed by atoms with Crippen LogP contribution in [0.15, 0.2) is 53.3 Å². The molecule has 4 aromatic rings. The number of nitrogens with zero attached hydrogens (tertiary/aromatic N) is 2. The van der Waals surface area contributed by atoms with Gasteiger partial charge in [0.25, 0.3) is 5.56 Å². The summed E-state index contributed by atoms with van der Waals surface area (Å²) < 4.78 is 0. The topological polar surface area (TPSA) is 74.4 Å². The smallest absolute Gasteiger partial charge is 0.278 e. The zero-order valence-corrected chi connectivity index (χ0v) is 13.4. The standard InChI is InChI=1S/C19H16N4O/c1-11-7-9-13(10-8-11)18-21-19(24)17(22-23-18)16-12(2)20-15-6-4-3-5-14(15)16/h3-10,20H,1-2H3,(H,21,23,24). The van der Waals surface area contributed by atoms with Crippen LogP contribution < -0.4 is 5.56 Å². The van der Waals surface area contributed by atoms with Crippen LogP contribution in [0.25, 0.3) is 33.5 Å². The van der Waals surface area contributed by atoms with Crippen LogP contribution in [0.4, 0.5) is 0 Å². The van der Waals surface area contributed by atoms with E-state index in [1.807, 2.05) is 62.4 Å². The molecule has 0 fully saturated rings. The van der Waals surface area contributed by atoms with Gasteiger partial charge in [0.2, 0.25) is 0 Å². The molecular formula is C19H16N4O.